The first-order valence-electron chi connectivity index (χ1n) is 6.92. The van der Waals surface area contributed by atoms with Crippen molar-refractivity contribution in [1.82, 2.24) is 24.0 Å². The number of fused-ring (bicyclic) bond motifs is 8. The molecule has 5 nitrogen and oxygen atoms in total. The molecule has 5 aromatic heterocycles. The molecule has 0 aliphatic carbocycles. The van der Waals surface area contributed by atoms with E-state index in [2.05, 4.69) is 39.9 Å². The Morgan fingerprint density at radius 2 is 2.18 bits per heavy atom. The maximum absolute atomic E-state index is 5.44. The first-order chi connectivity index (χ1) is 10.6. The van der Waals surface area contributed by atoms with Crippen LogP contribution in [0.1, 0.15) is 11.3 Å². The Morgan fingerprint density at radius 1 is 1.32 bits per heavy atom. The van der Waals surface area contributed by atoms with Gasteiger partial charge in [0.1, 0.15) is 9.66 Å². The number of nitrogens with zero attached hydrogens (tertiary/aromatic N) is 4. The standard InChI is InChI=1S/C15H11N5S2/c1-7-6-8(2)16-13-10(7)11-14(22-13)20-12(17-18-15(20)21)9-4-3-5-19(9)11/h3-6H,1-2H3,(H,18,21). The molecule has 0 bridgehead atoms. The molecule has 5 heterocycles. The van der Waals surface area contributed by atoms with Crippen LogP contribution in [0, 0.1) is 18.6 Å². The molecule has 0 atom stereocenters. The lowest BCUT2D eigenvalue weighted by molar-refractivity contribution is 1.09. The number of aromatic nitrogens is 5. The van der Waals surface area contributed by atoms with Crippen LogP contribution in [0.2, 0.25) is 0 Å². The van der Waals surface area contributed by atoms with Crippen molar-refractivity contribution in [2.24, 2.45) is 0 Å². The Balaban J connectivity index is 2.27. The molecule has 5 rings (SSSR count). The lowest BCUT2D eigenvalue weighted by Gasteiger charge is -2.04. The third-order valence-electron chi connectivity index (χ3n) is 4.04. The van der Waals surface area contributed by atoms with Gasteiger partial charge in [-0.3, -0.25) is 9.50 Å². The van der Waals surface area contributed by atoms with Crippen molar-refractivity contribution in [1.29, 1.82) is 0 Å². The van der Waals surface area contributed by atoms with Gasteiger partial charge in [-0.1, -0.05) is 11.3 Å². The van der Waals surface area contributed by atoms with Gasteiger partial charge in [-0.15, -0.1) is 0 Å². The maximum Gasteiger partial charge on any atom is 0.200 e. The molecule has 1 N–H and O–H groups in total. The molecule has 0 spiro atoms. The fourth-order valence-electron chi connectivity index (χ4n) is 3.20. The van der Waals surface area contributed by atoms with Crippen LogP contribution in [0.4, 0.5) is 0 Å². The summed E-state index contributed by atoms with van der Waals surface area (Å²) in [6.45, 7) is 4.17. The summed E-state index contributed by atoms with van der Waals surface area (Å²) in [6.07, 6.45) is 2.07. The number of H-pyrrole nitrogens is 1. The first-order valence-corrected chi connectivity index (χ1v) is 8.14. The Labute approximate surface area is 133 Å². The zero-order chi connectivity index (χ0) is 15.0. The van der Waals surface area contributed by atoms with E-state index < -0.39 is 0 Å². The first kappa shape index (κ1) is 12.3. The van der Waals surface area contributed by atoms with E-state index in [1.54, 1.807) is 11.3 Å². The van der Waals surface area contributed by atoms with E-state index in [-0.39, 0.29) is 0 Å². The molecule has 7 heteroatoms. The van der Waals surface area contributed by atoms with E-state index >= 15 is 0 Å². The summed E-state index contributed by atoms with van der Waals surface area (Å²) >= 11 is 7.10. The third kappa shape index (κ3) is 1.35. The van der Waals surface area contributed by atoms with E-state index in [9.17, 15) is 0 Å². The van der Waals surface area contributed by atoms with Gasteiger partial charge in [0.25, 0.3) is 0 Å². The van der Waals surface area contributed by atoms with Crippen molar-refractivity contribution in [2.45, 2.75) is 13.8 Å². The number of thiophene rings is 1. The fraction of sp³-hybridized carbons (Fsp3) is 0.133. The van der Waals surface area contributed by atoms with Crippen molar-refractivity contribution in [3.63, 3.8) is 0 Å². The summed E-state index contributed by atoms with van der Waals surface area (Å²) in [4.78, 5) is 6.83. The van der Waals surface area contributed by atoms with Crippen LogP contribution in [-0.2, 0) is 0 Å². The van der Waals surface area contributed by atoms with Gasteiger partial charge in [0, 0.05) is 17.3 Å². The maximum atomic E-state index is 5.44. The summed E-state index contributed by atoms with van der Waals surface area (Å²) < 4.78 is 4.81. The van der Waals surface area contributed by atoms with Gasteiger partial charge in [0.15, 0.2) is 5.65 Å². The summed E-state index contributed by atoms with van der Waals surface area (Å²) in [5.74, 6) is 0. The van der Waals surface area contributed by atoms with Gasteiger partial charge in [-0.2, -0.15) is 5.10 Å². The molecule has 0 fully saturated rings. The predicted octanol–water partition coefficient (Wildman–Crippen LogP) is 4.02. The Hall–Kier alpha value is -2.25. The predicted molar refractivity (Wildman–Crippen MR) is 91.5 cm³/mol. The molecule has 0 amide bonds. The van der Waals surface area contributed by atoms with E-state index in [0.717, 1.165) is 32.0 Å². The van der Waals surface area contributed by atoms with Crippen molar-refractivity contribution in [2.75, 3.05) is 0 Å². The molecule has 5 aromatic rings. The number of hydrogen-bond donors (Lipinski definition) is 1. The number of rotatable bonds is 0. The number of nitrogens with one attached hydrogen (secondary N) is 1. The Morgan fingerprint density at radius 3 is 3.05 bits per heavy atom. The fourth-order valence-corrected chi connectivity index (χ4v) is 4.78. The highest BCUT2D eigenvalue weighted by Crippen LogP contribution is 2.36. The molecule has 22 heavy (non-hydrogen) atoms. The molecule has 0 aromatic carbocycles. The second-order valence-corrected chi connectivity index (χ2v) is 6.83. The number of aromatic amines is 1. The van der Waals surface area contributed by atoms with Gasteiger partial charge < -0.3 is 4.40 Å². The van der Waals surface area contributed by atoms with Crippen molar-refractivity contribution < 1.29 is 0 Å². The number of pyridine rings is 1. The molecular weight excluding hydrogens is 314 g/mol. The van der Waals surface area contributed by atoms with Crippen LogP contribution < -0.4 is 0 Å². The molecule has 0 radical (unpaired) electrons. The van der Waals surface area contributed by atoms with Crippen molar-refractivity contribution in [3.05, 3.63) is 40.4 Å². The monoisotopic (exact) mass is 325 g/mol. The van der Waals surface area contributed by atoms with E-state index in [1.807, 2.05) is 17.4 Å². The van der Waals surface area contributed by atoms with Crippen LogP contribution in [0.25, 0.3) is 31.7 Å². The zero-order valence-corrected chi connectivity index (χ0v) is 13.5. The summed E-state index contributed by atoms with van der Waals surface area (Å²) in [5, 5.41) is 8.49. The van der Waals surface area contributed by atoms with Crippen LogP contribution in [0.15, 0.2) is 24.4 Å². The average molecular weight is 325 g/mol. The van der Waals surface area contributed by atoms with E-state index in [0.29, 0.717) is 4.77 Å². The van der Waals surface area contributed by atoms with Gasteiger partial charge in [-0.05, 0) is 49.8 Å². The molecule has 108 valence electrons. The minimum atomic E-state index is 0.615. The summed E-state index contributed by atoms with van der Waals surface area (Å²) in [7, 11) is 0. The molecular formula is C15H11N5S2. The molecule has 0 saturated heterocycles. The van der Waals surface area contributed by atoms with Gasteiger partial charge >= 0.3 is 0 Å². The topological polar surface area (TPSA) is 50.4 Å². The second-order valence-electron chi connectivity index (χ2n) is 5.47. The normalized spacial score (nSPS) is 12.3. The molecule has 0 aliphatic rings. The minimum absolute atomic E-state index is 0.615. The highest BCUT2D eigenvalue weighted by molar-refractivity contribution is 7.71. The smallest absolute Gasteiger partial charge is 0.200 e. The molecule has 0 aliphatic heterocycles. The Bertz CT molecular complexity index is 1270. The van der Waals surface area contributed by atoms with Gasteiger partial charge in [0.2, 0.25) is 4.77 Å². The van der Waals surface area contributed by atoms with Crippen molar-refractivity contribution >= 4 is 55.3 Å². The highest BCUT2D eigenvalue weighted by Gasteiger charge is 2.18. The van der Waals surface area contributed by atoms with Crippen molar-refractivity contribution in [3.8, 4) is 0 Å². The lowest BCUT2D eigenvalue weighted by Crippen LogP contribution is -1.94. The second kappa shape index (κ2) is 3.93. The lowest BCUT2D eigenvalue weighted by atomic mass is 10.1. The Kier molecular flexibility index (Phi) is 2.20. The van der Waals surface area contributed by atoms with Crippen LogP contribution in [0.5, 0.6) is 0 Å². The molecule has 0 saturated carbocycles. The van der Waals surface area contributed by atoms with E-state index in [1.165, 1.54) is 10.9 Å². The SMILES string of the molecule is Cc1cc(C)c2c(n1)sc1c2n2cccc2c2n[nH]c(=S)n21. The highest BCUT2D eigenvalue weighted by atomic mass is 32.1. The molecule has 0 unspecified atom stereocenters. The zero-order valence-electron chi connectivity index (χ0n) is 11.9. The number of hydrogen-bond acceptors (Lipinski definition) is 4. The van der Waals surface area contributed by atoms with E-state index in [4.69, 9.17) is 17.2 Å². The van der Waals surface area contributed by atoms with Gasteiger partial charge in [-0.25, -0.2) is 4.98 Å². The van der Waals surface area contributed by atoms with Crippen LogP contribution in [-0.4, -0.2) is 24.0 Å². The minimum Gasteiger partial charge on any atom is -0.310 e. The van der Waals surface area contributed by atoms with Crippen LogP contribution >= 0.6 is 23.6 Å². The summed E-state index contributed by atoms with van der Waals surface area (Å²) in [6, 6.07) is 6.22. The largest absolute Gasteiger partial charge is 0.310 e. The number of aryl methyl sites for hydroxylation is 2. The summed E-state index contributed by atoms with van der Waals surface area (Å²) in [5.41, 5.74) is 5.31. The third-order valence-corrected chi connectivity index (χ3v) is 5.37. The average Bonchev–Trinajstić information content (AvgIpc) is 3.13. The van der Waals surface area contributed by atoms with Crippen LogP contribution in [0.3, 0.4) is 0 Å². The van der Waals surface area contributed by atoms with Gasteiger partial charge in [0.05, 0.1) is 11.0 Å². The quantitative estimate of drug-likeness (QED) is 0.437.